The Morgan fingerprint density at radius 2 is 2.00 bits per heavy atom. The maximum atomic E-state index is 11.9. The van der Waals surface area contributed by atoms with E-state index in [1.807, 2.05) is 0 Å². The number of amides is 1. The number of aliphatic hydroxyl groups excluding tert-OH is 1. The van der Waals surface area contributed by atoms with Crippen LogP contribution >= 0.6 is 0 Å². The van der Waals surface area contributed by atoms with Crippen LogP contribution in [-0.2, 0) is 4.79 Å². The summed E-state index contributed by atoms with van der Waals surface area (Å²) in [4.78, 5) is 34.7. The first-order valence-corrected chi connectivity index (χ1v) is 6.20. The molecule has 1 aromatic carbocycles. The molecule has 1 amide bonds. The van der Waals surface area contributed by atoms with Crippen LogP contribution < -0.4 is 10.7 Å². The van der Waals surface area contributed by atoms with Crippen LogP contribution in [0.3, 0.4) is 0 Å². The smallest absolute Gasteiger partial charge is 0.326 e. The van der Waals surface area contributed by atoms with E-state index in [0.717, 1.165) is 6.07 Å². The standard InChI is InChI=1S/C14H13NO6/c16-6-5-9(14(19)20)15-13(18)12-7-10(17)8-3-1-2-4-11(8)21-12/h1-4,7,9,16H,5-6H2,(H,15,18)(H,19,20). The lowest BCUT2D eigenvalue weighted by atomic mass is 10.2. The molecule has 21 heavy (non-hydrogen) atoms. The number of carboxylic acids is 1. The van der Waals surface area contributed by atoms with Crippen molar-refractivity contribution in [1.82, 2.24) is 5.32 Å². The van der Waals surface area contributed by atoms with E-state index in [1.165, 1.54) is 6.07 Å². The van der Waals surface area contributed by atoms with Crippen LogP contribution in [0.5, 0.6) is 0 Å². The zero-order valence-electron chi connectivity index (χ0n) is 10.9. The van der Waals surface area contributed by atoms with Gasteiger partial charge in [0, 0.05) is 19.1 Å². The van der Waals surface area contributed by atoms with Crippen molar-refractivity contribution in [3.63, 3.8) is 0 Å². The highest BCUT2D eigenvalue weighted by Crippen LogP contribution is 2.11. The summed E-state index contributed by atoms with van der Waals surface area (Å²) >= 11 is 0. The summed E-state index contributed by atoms with van der Waals surface area (Å²) in [5.41, 5.74) is -0.153. The van der Waals surface area contributed by atoms with Gasteiger partial charge in [-0.2, -0.15) is 0 Å². The third kappa shape index (κ3) is 3.26. The van der Waals surface area contributed by atoms with Crippen LogP contribution in [0.4, 0.5) is 0 Å². The van der Waals surface area contributed by atoms with Gasteiger partial charge in [-0.25, -0.2) is 4.79 Å². The molecule has 2 aromatic rings. The number of carboxylic acid groups (broad SMARTS) is 1. The number of hydrogen-bond acceptors (Lipinski definition) is 5. The highest BCUT2D eigenvalue weighted by molar-refractivity contribution is 5.95. The fraction of sp³-hybridized carbons (Fsp3) is 0.214. The number of para-hydroxylation sites is 1. The monoisotopic (exact) mass is 291 g/mol. The molecule has 0 fully saturated rings. The molecule has 0 saturated carbocycles. The van der Waals surface area contributed by atoms with Gasteiger partial charge in [0.2, 0.25) is 0 Å². The Balaban J connectivity index is 2.31. The van der Waals surface area contributed by atoms with Gasteiger partial charge in [-0.15, -0.1) is 0 Å². The van der Waals surface area contributed by atoms with Crippen molar-refractivity contribution in [3.05, 3.63) is 46.3 Å². The van der Waals surface area contributed by atoms with Crippen molar-refractivity contribution in [1.29, 1.82) is 0 Å². The highest BCUT2D eigenvalue weighted by atomic mass is 16.4. The molecule has 110 valence electrons. The van der Waals surface area contributed by atoms with Crippen LogP contribution in [-0.4, -0.2) is 34.7 Å². The molecule has 0 saturated heterocycles. The summed E-state index contributed by atoms with van der Waals surface area (Å²) in [5.74, 6) is -2.37. The van der Waals surface area contributed by atoms with Crippen molar-refractivity contribution in [2.24, 2.45) is 0 Å². The van der Waals surface area contributed by atoms with Gasteiger partial charge in [-0.1, -0.05) is 12.1 Å². The third-order valence-electron chi connectivity index (χ3n) is 2.88. The topological polar surface area (TPSA) is 117 Å². The molecule has 1 aromatic heterocycles. The largest absolute Gasteiger partial charge is 0.480 e. The van der Waals surface area contributed by atoms with E-state index in [-0.39, 0.29) is 24.4 Å². The number of fused-ring (bicyclic) bond motifs is 1. The SMILES string of the molecule is O=C(NC(CCO)C(=O)O)c1cc(=O)c2ccccc2o1. The second kappa shape index (κ2) is 6.19. The van der Waals surface area contributed by atoms with Crippen LogP contribution in [0.1, 0.15) is 17.0 Å². The lowest BCUT2D eigenvalue weighted by Gasteiger charge is -2.12. The third-order valence-corrected chi connectivity index (χ3v) is 2.88. The van der Waals surface area contributed by atoms with Crippen LogP contribution in [0.15, 0.2) is 39.5 Å². The fourth-order valence-corrected chi connectivity index (χ4v) is 1.83. The summed E-state index contributed by atoms with van der Waals surface area (Å²) in [7, 11) is 0. The van der Waals surface area contributed by atoms with Crippen molar-refractivity contribution in [3.8, 4) is 0 Å². The van der Waals surface area contributed by atoms with Gasteiger partial charge < -0.3 is 19.9 Å². The number of rotatable bonds is 5. The van der Waals surface area contributed by atoms with E-state index in [1.54, 1.807) is 18.2 Å². The lowest BCUT2D eigenvalue weighted by Crippen LogP contribution is -2.41. The Morgan fingerprint density at radius 1 is 1.29 bits per heavy atom. The maximum absolute atomic E-state index is 11.9. The predicted octanol–water partition coefficient (Wildman–Crippen LogP) is 0.358. The van der Waals surface area contributed by atoms with Crippen LogP contribution in [0.25, 0.3) is 11.0 Å². The van der Waals surface area contributed by atoms with Crippen LogP contribution in [0, 0.1) is 0 Å². The highest BCUT2D eigenvalue weighted by Gasteiger charge is 2.21. The Hall–Kier alpha value is -2.67. The van der Waals surface area contributed by atoms with Gasteiger partial charge in [-0.3, -0.25) is 9.59 Å². The zero-order chi connectivity index (χ0) is 15.4. The minimum atomic E-state index is -1.28. The number of benzene rings is 1. The molecule has 0 spiro atoms. The molecule has 0 aliphatic heterocycles. The predicted molar refractivity (Wildman–Crippen MR) is 73.1 cm³/mol. The number of aliphatic hydroxyl groups is 1. The van der Waals surface area contributed by atoms with Crippen molar-refractivity contribution in [2.45, 2.75) is 12.5 Å². The first-order chi connectivity index (χ1) is 10.0. The molecular weight excluding hydrogens is 278 g/mol. The Labute approximate surface area is 118 Å². The number of hydrogen-bond donors (Lipinski definition) is 3. The van der Waals surface area contributed by atoms with E-state index in [4.69, 9.17) is 14.6 Å². The van der Waals surface area contributed by atoms with Gasteiger partial charge in [0.25, 0.3) is 5.91 Å². The van der Waals surface area contributed by atoms with E-state index in [2.05, 4.69) is 5.32 Å². The molecule has 0 aliphatic rings. The quantitative estimate of drug-likeness (QED) is 0.732. The Morgan fingerprint density at radius 3 is 2.67 bits per heavy atom. The fourth-order valence-electron chi connectivity index (χ4n) is 1.83. The number of aliphatic carboxylic acids is 1. The molecule has 0 aliphatic carbocycles. The lowest BCUT2D eigenvalue weighted by molar-refractivity contribution is -0.139. The van der Waals surface area contributed by atoms with E-state index in [0.29, 0.717) is 5.39 Å². The molecule has 1 heterocycles. The molecule has 7 heteroatoms. The van der Waals surface area contributed by atoms with Crippen molar-refractivity contribution >= 4 is 22.8 Å². The second-order valence-electron chi connectivity index (χ2n) is 4.35. The van der Waals surface area contributed by atoms with Gasteiger partial charge in [0.1, 0.15) is 11.6 Å². The first kappa shape index (κ1) is 14.7. The van der Waals surface area contributed by atoms with E-state index >= 15 is 0 Å². The maximum Gasteiger partial charge on any atom is 0.326 e. The molecule has 7 nitrogen and oxygen atoms in total. The average molecular weight is 291 g/mol. The molecular formula is C14H13NO6. The van der Waals surface area contributed by atoms with Crippen LogP contribution in [0.2, 0.25) is 0 Å². The molecule has 0 radical (unpaired) electrons. The van der Waals surface area contributed by atoms with E-state index in [9.17, 15) is 14.4 Å². The Bertz CT molecular complexity index is 736. The molecule has 1 atom stereocenters. The number of carbonyl (C=O) groups excluding carboxylic acids is 1. The van der Waals surface area contributed by atoms with Crippen molar-refractivity contribution in [2.75, 3.05) is 6.61 Å². The molecule has 2 rings (SSSR count). The van der Waals surface area contributed by atoms with Gasteiger partial charge in [0.05, 0.1) is 5.39 Å². The van der Waals surface area contributed by atoms with Gasteiger partial charge in [0.15, 0.2) is 11.2 Å². The van der Waals surface area contributed by atoms with Gasteiger partial charge in [-0.05, 0) is 12.1 Å². The number of carbonyl (C=O) groups is 2. The summed E-state index contributed by atoms with van der Waals surface area (Å²) < 4.78 is 5.30. The van der Waals surface area contributed by atoms with Gasteiger partial charge >= 0.3 is 5.97 Å². The van der Waals surface area contributed by atoms with E-state index < -0.39 is 23.3 Å². The average Bonchev–Trinajstić information content (AvgIpc) is 2.46. The first-order valence-electron chi connectivity index (χ1n) is 6.20. The normalized spacial score (nSPS) is 12.0. The summed E-state index contributed by atoms with van der Waals surface area (Å²) in [6, 6.07) is 6.18. The minimum Gasteiger partial charge on any atom is -0.480 e. The number of nitrogens with one attached hydrogen (secondary N) is 1. The van der Waals surface area contributed by atoms with Crippen molar-refractivity contribution < 1.29 is 24.2 Å². The summed E-state index contributed by atoms with van der Waals surface area (Å²) in [5, 5.41) is 20.2. The molecule has 1 unspecified atom stereocenters. The summed E-state index contributed by atoms with van der Waals surface area (Å²) in [6.07, 6.45) is -0.140. The molecule has 3 N–H and O–H groups in total. The second-order valence-corrected chi connectivity index (χ2v) is 4.35. The summed E-state index contributed by atoms with van der Waals surface area (Å²) in [6.45, 7) is -0.390. The molecule has 0 bridgehead atoms. The zero-order valence-corrected chi connectivity index (χ0v) is 10.9. The Kier molecular flexibility index (Phi) is 4.34. The minimum absolute atomic E-state index is 0.140.